The molecule has 2 N–H and O–H groups in total. The van der Waals surface area contributed by atoms with E-state index in [1.54, 1.807) is 0 Å². The number of rotatable bonds is 2. The third kappa shape index (κ3) is 1.37. The minimum absolute atomic E-state index is 0.715. The van der Waals surface area contributed by atoms with Gasteiger partial charge < -0.3 is 5.73 Å². The molecule has 0 bridgehead atoms. The van der Waals surface area contributed by atoms with Gasteiger partial charge in [0.2, 0.25) is 0 Å². The molecule has 1 heterocycles. The lowest BCUT2D eigenvalue weighted by Gasteiger charge is -2.24. The molecule has 0 atom stereocenters. The van der Waals surface area contributed by atoms with E-state index in [0.717, 1.165) is 23.5 Å². The fraction of sp³-hybridized carbons (Fsp3) is 0.455. The van der Waals surface area contributed by atoms with Gasteiger partial charge in [0.25, 0.3) is 0 Å². The molecule has 4 heteroatoms. The Morgan fingerprint density at radius 2 is 2.27 bits per heavy atom. The van der Waals surface area contributed by atoms with Crippen molar-refractivity contribution in [1.82, 2.24) is 15.0 Å². The van der Waals surface area contributed by atoms with Crippen LogP contribution in [0, 0.1) is 5.92 Å². The van der Waals surface area contributed by atoms with Gasteiger partial charge in [-0.3, -0.25) is 0 Å². The number of anilines is 1. The third-order valence-electron chi connectivity index (χ3n) is 3.23. The summed E-state index contributed by atoms with van der Waals surface area (Å²) in [5, 5.41) is 8.28. The van der Waals surface area contributed by atoms with Gasteiger partial charge in [0.15, 0.2) is 0 Å². The van der Waals surface area contributed by atoms with E-state index in [4.69, 9.17) is 5.73 Å². The van der Waals surface area contributed by atoms with Crippen molar-refractivity contribution in [3.8, 4) is 0 Å². The number of hydrogen-bond acceptors (Lipinski definition) is 3. The van der Waals surface area contributed by atoms with Gasteiger partial charge in [-0.25, -0.2) is 4.68 Å². The van der Waals surface area contributed by atoms with Crippen molar-refractivity contribution in [3.05, 3.63) is 18.2 Å². The summed E-state index contributed by atoms with van der Waals surface area (Å²) in [6.45, 7) is 0.986. The maximum atomic E-state index is 5.83. The summed E-state index contributed by atoms with van der Waals surface area (Å²) in [5.41, 5.74) is 8.43. The summed E-state index contributed by atoms with van der Waals surface area (Å²) < 4.78 is 1.98. The molecule has 1 aromatic carbocycles. The van der Waals surface area contributed by atoms with Gasteiger partial charge in [0.05, 0.1) is 11.2 Å². The van der Waals surface area contributed by atoms with E-state index in [2.05, 4.69) is 10.3 Å². The Balaban J connectivity index is 2.00. The molecule has 78 valence electrons. The molecule has 1 fully saturated rings. The lowest BCUT2D eigenvalue weighted by atomic mass is 9.85. The minimum Gasteiger partial charge on any atom is -0.397 e. The topological polar surface area (TPSA) is 56.7 Å². The average molecular weight is 202 g/mol. The molecular weight excluding hydrogens is 188 g/mol. The molecule has 0 spiro atoms. The van der Waals surface area contributed by atoms with Gasteiger partial charge in [0, 0.05) is 6.54 Å². The first-order chi connectivity index (χ1) is 7.34. The maximum absolute atomic E-state index is 5.83. The summed E-state index contributed by atoms with van der Waals surface area (Å²) in [5.74, 6) is 0.788. The first-order valence-corrected chi connectivity index (χ1v) is 5.42. The average Bonchev–Trinajstić information content (AvgIpc) is 2.56. The van der Waals surface area contributed by atoms with Gasteiger partial charge >= 0.3 is 0 Å². The Morgan fingerprint density at radius 1 is 1.40 bits per heavy atom. The van der Waals surface area contributed by atoms with Crippen LogP contribution >= 0.6 is 0 Å². The number of fused-ring (bicyclic) bond motifs is 1. The van der Waals surface area contributed by atoms with E-state index in [0.29, 0.717) is 5.69 Å². The molecule has 1 aliphatic rings. The zero-order chi connectivity index (χ0) is 10.3. The van der Waals surface area contributed by atoms with Gasteiger partial charge in [-0.05, 0) is 30.9 Å². The Labute approximate surface area is 88.1 Å². The summed E-state index contributed by atoms with van der Waals surface area (Å²) in [6, 6.07) is 5.85. The monoisotopic (exact) mass is 202 g/mol. The summed E-state index contributed by atoms with van der Waals surface area (Å²) in [4.78, 5) is 0. The van der Waals surface area contributed by atoms with Crippen LogP contribution in [0.3, 0.4) is 0 Å². The highest BCUT2D eigenvalue weighted by Gasteiger charge is 2.19. The SMILES string of the molecule is Nc1cccc2c1nnn2CC1CCC1. The second kappa shape index (κ2) is 3.22. The number of hydrogen-bond donors (Lipinski definition) is 1. The van der Waals surface area contributed by atoms with Crippen molar-refractivity contribution in [1.29, 1.82) is 0 Å². The van der Waals surface area contributed by atoms with E-state index in [9.17, 15) is 0 Å². The Hall–Kier alpha value is -1.58. The van der Waals surface area contributed by atoms with Gasteiger partial charge in [-0.1, -0.05) is 17.7 Å². The van der Waals surface area contributed by atoms with Crippen LogP contribution in [0.25, 0.3) is 11.0 Å². The van der Waals surface area contributed by atoms with Gasteiger partial charge in [0.1, 0.15) is 5.52 Å². The standard InChI is InChI=1S/C11H14N4/c12-9-5-2-6-10-11(9)13-14-15(10)7-8-3-1-4-8/h2,5-6,8H,1,3-4,7,12H2. The molecular formula is C11H14N4. The molecule has 0 unspecified atom stereocenters. The summed E-state index contributed by atoms with van der Waals surface area (Å²) >= 11 is 0. The summed E-state index contributed by atoms with van der Waals surface area (Å²) in [6.07, 6.45) is 4.01. The molecule has 1 aliphatic carbocycles. The van der Waals surface area contributed by atoms with Crippen LogP contribution < -0.4 is 5.73 Å². The Kier molecular flexibility index (Phi) is 1.87. The van der Waals surface area contributed by atoms with Crippen molar-refractivity contribution >= 4 is 16.7 Å². The lowest BCUT2D eigenvalue weighted by molar-refractivity contribution is 0.268. The normalized spacial score (nSPS) is 16.8. The molecule has 4 nitrogen and oxygen atoms in total. The molecule has 0 saturated heterocycles. The van der Waals surface area contributed by atoms with Crippen molar-refractivity contribution in [2.24, 2.45) is 5.92 Å². The smallest absolute Gasteiger partial charge is 0.136 e. The van der Waals surface area contributed by atoms with E-state index in [1.165, 1.54) is 19.3 Å². The van der Waals surface area contributed by atoms with Crippen molar-refractivity contribution in [2.75, 3.05) is 5.73 Å². The van der Waals surface area contributed by atoms with Crippen LogP contribution in [-0.2, 0) is 6.54 Å². The second-order valence-corrected chi connectivity index (χ2v) is 4.28. The molecule has 0 amide bonds. The third-order valence-corrected chi connectivity index (χ3v) is 3.23. The number of aromatic nitrogens is 3. The molecule has 15 heavy (non-hydrogen) atoms. The lowest BCUT2D eigenvalue weighted by Crippen LogP contribution is -2.18. The van der Waals surface area contributed by atoms with Crippen molar-refractivity contribution < 1.29 is 0 Å². The predicted octanol–water partition coefficient (Wildman–Crippen LogP) is 1.81. The van der Waals surface area contributed by atoms with E-state index in [-0.39, 0.29) is 0 Å². The highest BCUT2D eigenvalue weighted by molar-refractivity contribution is 5.86. The Bertz CT molecular complexity index is 484. The van der Waals surface area contributed by atoms with Crippen molar-refractivity contribution in [2.45, 2.75) is 25.8 Å². The molecule has 1 saturated carbocycles. The van der Waals surface area contributed by atoms with Crippen LogP contribution in [-0.4, -0.2) is 15.0 Å². The van der Waals surface area contributed by atoms with Crippen LogP contribution in [0.1, 0.15) is 19.3 Å². The molecule has 0 aliphatic heterocycles. The number of nitrogens with zero attached hydrogens (tertiary/aromatic N) is 3. The zero-order valence-electron chi connectivity index (χ0n) is 8.56. The first kappa shape index (κ1) is 8.71. The quantitative estimate of drug-likeness (QED) is 0.755. The van der Waals surface area contributed by atoms with E-state index in [1.807, 2.05) is 22.9 Å². The summed E-state index contributed by atoms with van der Waals surface area (Å²) in [7, 11) is 0. The molecule has 0 radical (unpaired) electrons. The van der Waals surface area contributed by atoms with Crippen LogP contribution in [0.5, 0.6) is 0 Å². The minimum atomic E-state index is 0.715. The molecule has 2 aromatic rings. The van der Waals surface area contributed by atoms with Crippen molar-refractivity contribution in [3.63, 3.8) is 0 Å². The zero-order valence-corrected chi connectivity index (χ0v) is 8.56. The van der Waals surface area contributed by atoms with E-state index >= 15 is 0 Å². The van der Waals surface area contributed by atoms with Crippen LogP contribution in [0.15, 0.2) is 18.2 Å². The number of benzene rings is 1. The predicted molar refractivity (Wildman–Crippen MR) is 59.3 cm³/mol. The van der Waals surface area contributed by atoms with E-state index < -0.39 is 0 Å². The van der Waals surface area contributed by atoms with Gasteiger partial charge in [-0.15, -0.1) is 5.10 Å². The second-order valence-electron chi connectivity index (χ2n) is 4.28. The maximum Gasteiger partial charge on any atom is 0.136 e. The van der Waals surface area contributed by atoms with Crippen LogP contribution in [0.4, 0.5) is 5.69 Å². The fourth-order valence-corrected chi connectivity index (χ4v) is 2.07. The largest absolute Gasteiger partial charge is 0.397 e. The van der Waals surface area contributed by atoms with Gasteiger partial charge in [-0.2, -0.15) is 0 Å². The first-order valence-electron chi connectivity index (χ1n) is 5.42. The highest BCUT2D eigenvalue weighted by Crippen LogP contribution is 2.29. The Morgan fingerprint density at radius 3 is 3.00 bits per heavy atom. The fourth-order valence-electron chi connectivity index (χ4n) is 2.07. The molecule has 1 aromatic heterocycles. The number of nitrogen functional groups attached to an aromatic ring is 1. The highest BCUT2D eigenvalue weighted by atomic mass is 15.4. The van der Waals surface area contributed by atoms with Crippen LogP contribution in [0.2, 0.25) is 0 Å². The molecule has 3 rings (SSSR count). The number of nitrogens with two attached hydrogens (primary N) is 1.